The van der Waals surface area contributed by atoms with Crippen molar-refractivity contribution in [3.63, 3.8) is 0 Å². The van der Waals surface area contributed by atoms with E-state index in [1.165, 1.54) is 5.57 Å². The van der Waals surface area contributed by atoms with Crippen molar-refractivity contribution < 1.29 is 9.53 Å². The van der Waals surface area contributed by atoms with Gasteiger partial charge in [-0.1, -0.05) is 11.6 Å². The highest BCUT2D eigenvalue weighted by molar-refractivity contribution is 5.76. The van der Waals surface area contributed by atoms with E-state index in [1.54, 1.807) is 7.11 Å². The van der Waals surface area contributed by atoms with E-state index in [0.29, 0.717) is 13.0 Å². The third kappa shape index (κ3) is 4.88. The number of methoxy groups -OCH3 is 1. The van der Waals surface area contributed by atoms with Crippen molar-refractivity contribution in [2.24, 2.45) is 0 Å². The summed E-state index contributed by atoms with van der Waals surface area (Å²) >= 11 is 0. The Morgan fingerprint density at radius 2 is 2.35 bits per heavy atom. The monoisotopic (exact) mass is 240 g/mol. The van der Waals surface area contributed by atoms with Gasteiger partial charge in [-0.2, -0.15) is 0 Å². The van der Waals surface area contributed by atoms with Gasteiger partial charge in [0.1, 0.15) is 0 Å². The minimum Gasteiger partial charge on any atom is -0.384 e. The van der Waals surface area contributed by atoms with Gasteiger partial charge in [-0.15, -0.1) is 0 Å². The second-order valence-corrected chi connectivity index (χ2v) is 4.53. The number of carbonyl (C=O) groups is 1. The molecule has 0 spiro atoms. The van der Waals surface area contributed by atoms with Crippen LogP contribution in [0.25, 0.3) is 0 Å². The average Bonchev–Trinajstić information content (AvgIpc) is 2.35. The lowest BCUT2D eigenvalue weighted by Gasteiger charge is -2.27. The van der Waals surface area contributed by atoms with E-state index >= 15 is 0 Å². The number of carbonyl (C=O) groups excluding carboxylic acids is 1. The molecule has 17 heavy (non-hydrogen) atoms. The van der Waals surface area contributed by atoms with Crippen molar-refractivity contribution in [1.29, 1.82) is 0 Å². The second kappa shape index (κ2) is 7.45. The van der Waals surface area contributed by atoms with Crippen LogP contribution in [0.15, 0.2) is 11.6 Å². The van der Waals surface area contributed by atoms with Crippen LogP contribution in [0.2, 0.25) is 0 Å². The van der Waals surface area contributed by atoms with Crippen LogP contribution in [0.1, 0.15) is 19.8 Å². The van der Waals surface area contributed by atoms with Gasteiger partial charge in [0.15, 0.2) is 0 Å². The zero-order chi connectivity index (χ0) is 12.7. The summed E-state index contributed by atoms with van der Waals surface area (Å²) in [6.45, 7) is 6.19. The van der Waals surface area contributed by atoms with Gasteiger partial charge >= 0.3 is 0 Å². The molecule has 0 fully saturated rings. The van der Waals surface area contributed by atoms with Crippen LogP contribution in [-0.4, -0.2) is 62.7 Å². The smallest absolute Gasteiger partial charge is 0.225 e. The van der Waals surface area contributed by atoms with Gasteiger partial charge in [0.25, 0.3) is 0 Å². The van der Waals surface area contributed by atoms with Gasteiger partial charge in [0.2, 0.25) is 5.91 Å². The van der Waals surface area contributed by atoms with Gasteiger partial charge in [0, 0.05) is 33.3 Å². The molecule has 1 aliphatic heterocycles. The Balaban J connectivity index is 2.43. The molecule has 4 heteroatoms. The molecule has 4 nitrogen and oxygen atoms in total. The Morgan fingerprint density at radius 1 is 1.59 bits per heavy atom. The highest BCUT2D eigenvalue weighted by Crippen LogP contribution is 2.11. The molecule has 0 atom stereocenters. The zero-order valence-corrected chi connectivity index (χ0v) is 11.2. The van der Waals surface area contributed by atoms with Gasteiger partial charge in [-0.05, 0) is 20.4 Å². The third-order valence-corrected chi connectivity index (χ3v) is 3.15. The summed E-state index contributed by atoms with van der Waals surface area (Å²) in [5, 5.41) is 0. The highest BCUT2D eigenvalue weighted by Gasteiger charge is 2.15. The first-order valence-electron chi connectivity index (χ1n) is 6.30. The molecular formula is C13H24N2O2. The molecule has 0 saturated carbocycles. The minimum absolute atomic E-state index is 0.189. The van der Waals surface area contributed by atoms with E-state index in [9.17, 15) is 4.79 Å². The topological polar surface area (TPSA) is 32.8 Å². The molecule has 0 saturated heterocycles. The summed E-state index contributed by atoms with van der Waals surface area (Å²) < 4.78 is 4.94. The second-order valence-electron chi connectivity index (χ2n) is 4.53. The molecule has 0 unspecified atom stereocenters. The first-order valence-corrected chi connectivity index (χ1v) is 6.30. The first kappa shape index (κ1) is 14.2. The molecule has 1 heterocycles. The maximum Gasteiger partial charge on any atom is 0.225 e. The molecule has 1 rings (SSSR count). The lowest BCUT2D eigenvalue weighted by Crippen LogP contribution is -2.35. The van der Waals surface area contributed by atoms with Crippen LogP contribution < -0.4 is 0 Å². The van der Waals surface area contributed by atoms with Crippen molar-refractivity contribution in [1.82, 2.24) is 9.80 Å². The van der Waals surface area contributed by atoms with E-state index in [-0.39, 0.29) is 5.91 Å². The Kier molecular flexibility index (Phi) is 6.22. The predicted octanol–water partition coefficient (Wildman–Crippen LogP) is 1.13. The maximum absolute atomic E-state index is 11.9. The Labute approximate surface area is 104 Å². The Morgan fingerprint density at radius 3 is 2.88 bits per heavy atom. The minimum atomic E-state index is 0.189. The average molecular weight is 240 g/mol. The molecule has 0 aliphatic carbocycles. The third-order valence-electron chi connectivity index (χ3n) is 3.15. The normalized spacial score (nSPS) is 16.8. The van der Waals surface area contributed by atoms with Crippen LogP contribution in [0.4, 0.5) is 0 Å². The lowest BCUT2D eigenvalue weighted by atomic mass is 10.1. The van der Waals surface area contributed by atoms with Gasteiger partial charge in [0.05, 0.1) is 13.0 Å². The molecular weight excluding hydrogens is 216 g/mol. The summed E-state index contributed by atoms with van der Waals surface area (Å²) in [5.41, 5.74) is 1.38. The molecule has 0 radical (unpaired) electrons. The standard InChI is InChI=1S/C13H24N2O2/c1-4-15(13(16)7-10-17-3)11-12-5-8-14(2)9-6-12/h5H,4,6-11H2,1-3H3. The van der Waals surface area contributed by atoms with Gasteiger partial charge in [-0.25, -0.2) is 0 Å². The SMILES string of the molecule is CCN(CC1=CCN(C)CC1)C(=O)CCOC. The first-order chi connectivity index (χ1) is 8.17. The molecule has 0 aromatic heterocycles. The molecule has 0 aromatic carbocycles. The largest absolute Gasteiger partial charge is 0.384 e. The predicted molar refractivity (Wildman–Crippen MR) is 68.9 cm³/mol. The van der Waals surface area contributed by atoms with E-state index in [1.807, 2.05) is 11.8 Å². The van der Waals surface area contributed by atoms with Crippen molar-refractivity contribution in [2.75, 3.05) is 46.9 Å². The number of rotatable bonds is 6. The fraction of sp³-hybridized carbons (Fsp3) is 0.769. The van der Waals surface area contributed by atoms with Crippen LogP contribution in [-0.2, 0) is 9.53 Å². The molecule has 1 aliphatic rings. The molecule has 1 amide bonds. The zero-order valence-electron chi connectivity index (χ0n) is 11.2. The number of hydrogen-bond acceptors (Lipinski definition) is 3. The lowest BCUT2D eigenvalue weighted by molar-refractivity contribution is -0.131. The van der Waals surface area contributed by atoms with Crippen molar-refractivity contribution >= 4 is 5.91 Å². The maximum atomic E-state index is 11.9. The fourth-order valence-corrected chi connectivity index (χ4v) is 1.93. The van der Waals surface area contributed by atoms with Gasteiger partial charge < -0.3 is 14.5 Å². The summed E-state index contributed by atoms with van der Waals surface area (Å²) in [7, 11) is 3.75. The summed E-state index contributed by atoms with van der Waals surface area (Å²) in [5.74, 6) is 0.189. The van der Waals surface area contributed by atoms with Crippen LogP contribution in [0.3, 0.4) is 0 Å². The number of amides is 1. The fourth-order valence-electron chi connectivity index (χ4n) is 1.93. The summed E-state index contributed by atoms with van der Waals surface area (Å²) in [6.07, 6.45) is 3.80. The van der Waals surface area contributed by atoms with Gasteiger partial charge in [-0.3, -0.25) is 4.79 Å². The number of hydrogen-bond donors (Lipinski definition) is 0. The number of nitrogens with zero attached hydrogens (tertiary/aromatic N) is 2. The number of ether oxygens (including phenoxy) is 1. The molecule has 98 valence electrons. The quantitative estimate of drug-likeness (QED) is 0.653. The summed E-state index contributed by atoms with van der Waals surface area (Å²) in [4.78, 5) is 16.1. The van der Waals surface area contributed by atoms with Crippen molar-refractivity contribution in [3.05, 3.63) is 11.6 Å². The summed E-state index contributed by atoms with van der Waals surface area (Å²) in [6, 6.07) is 0. The van der Waals surface area contributed by atoms with Crippen molar-refractivity contribution in [2.45, 2.75) is 19.8 Å². The number of likely N-dealkylation sites (N-methyl/N-ethyl adjacent to an activating group) is 2. The van der Waals surface area contributed by atoms with E-state index < -0.39 is 0 Å². The van der Waals surface area contributed by atoms with Crippen molar-refractivity contribution in [3.8, 4) is 0 Å². The van der Waals surface area contributed by atoms with E-state index in [0.717, 1.165) is 32.6 Å². The molecule has 0 aromatic rings. The van der Waals surface area contributed by atoms with E-state index in [2.05, 4.69) is 18.0 Å². The van der Waals surface area contributed by atoms with Crippen LogP contribution >= 0.6 is 0 Å². The Bertz CT molecular complexity index is 277. The molecule has 0 bridgehead atoms. The van der Waals surface area contributed by atoms with E-state index in [4.69, 9.17) is 4.74 Å². The molecule has 0 N–H and O–H groups in total. The van der Waals surface area contributed by atoms with Crippen LogP contribution in [0.5, 0.6) is 0 Å². The van der Waals surface area contributed by atoms with Crippen LogP contribution in [0, 0.1) is 0 Å². The Hall–Kier alpha value is -0.870. The highest BCUT2D eigenvalue weighted by atomic mass is 16.5.